The molecule has 4 heteroatoms. The fraction of sp³-hybridized carbons (Fsp3) is 0.200. The first-order valence-electron chi connectivity index (χ1n) is 9.45. The van der Waals surface area contributed by atoms with Crippen molar-refractivity contribution in [2.24, 2.45) is 0 Å². The molecule has 3 rings (SSSR count). The largest absolute Gasteiger partial charge is 0.489 e. The molecule has 4 nitrogen and oxygen atoms in total. The molecule has 0 atom stereocenters. The lowest BCUT2D eigenvalue weighted by atomic mass is 9.98. The van der Waals surface area contributed by atoms with E-state index >= 15 is 0 Å². The van der Waals surface area contributed by atoms with E-state index in [-0.39, 0.29) is 0 Å². The summed E-state index contributed by atoms with van der Waals surface area (Å²) in [4.78, 5) is 12.1. The highest BCUT2D eigenvalue weighted by Gasteiger charge is 2.11. The quantitative estimate of drug-likeness (QED) is 0.510. The molecular formula is C25H23NO3. The summed E-state index contributed by atoms with van der Waals surface area (Å²) in [6.45, 7) is 4.62. The number of hydrogen-bond donors (Lipinski definition) is 0. The van der Waals surface area contributed by atoms with Gasteiger partial charge in [-0.2, -0.15) is 5.26 Å². The van der Waals surface area contributed by atoms with Gasteiger partial charge in [0.15, 0.2) is 0 Å². The summed E-state index contributed by atoms with van der Waals surface area (Å²) in [5.41, 5.74) is 4.80. The van der Waals surface area contributed by atoms with Crippen molar-refractivity contribution in [1.29, 1.82) is 5.26 Å². The topological polar surface area (TPSA) is 59.3 Å². The van der Waals surface area contributed by atoms with Gasteiger partial charge in [0.25, 0.3) is 0 Å². The molecule has 0 aromatic heterocycles. The van der Waals surface area contributed by atoms with Crippen molar-refractivity contribution in [1.82, 2.24) is 0 Å². The Balaban J connectivity index is 1.89. The van der Waals surface area contributed by atoms with Crippen LogP contribution < -0.4 is 4.74 Å². The number of benzene rings is 3. The molecule has 3 aromatic rings. The zero-order chi connectivity index (χ0) is 20.8. The lowest BCUT2D eigenvalue weighted by Crippen LogP contribution is -2.04. The Morgan fingerprint density at radius 2 is 1.76 bits per heavy atom. The third-order valence-electron chi connectivity index (χ3n) is 4.69. The fourth-order valence-corrected chi connectivity index (χ4v) is 3.06. The number of carbonyl (C=O) groups is 1. The van der Waals surface area contributed by atoms with Gasteiger partial charge in [0.2, 0.25) is 0 Å². The maximum atomic E-state index is 12.1. The van der Waals surface area contributed by atoms with Crippen molar-refractivity contribution in [3.63, 3.8) is 0 Å². The Morgan fingerprint density at radius 1 is 1.00 bits per heavy atom. The van der Waals surface area contributed by atoms with Gasteiger partial charge in [-0.05, 0) is 70.6 Å². The lowest BCUT2D eigenvalue weighted by Gasteiger charge is -2.12. The average molecular weight is 385 g/mol. The minimum atomic E-state index is -0.411. The van der Waals surface area contributed by atoms with Crippen molar-refractivity contribution in [2.75, 3.05) is 7.11 Å². The van der Waals surface area contributed by atoms with E-state index in [2.05, 4.69) is 32.0 Å². The second-order valence-corrected chi connectivity index (χ2v) is 7.12. The molecule has 0 saturated carbocycles. The summed E-state index contributed by atoms with van der Waals surface area (Å²) in [5, 5.41) is 9.16. The minimum absolute atomic E-state index is 0.316. The highest BCUT2D eigenvalue weighted by molar-refractivity contribution is 5.91. The maximum absolute atomic E-state index is 12.1. The van der Waals surface area contributed by atoms with Crippen LogP contribution in [0.5, 0.6) is 5.75 Å². The van der Waals surface area contributed by atoms with Crippen molar-refractivity contribution >= 4 is 5.97 Å². The number of nitrogens with zero attached hydrogens (tertiary/aromatic N) is 1. The molecular weight excluding hydrogens is 362 g/mol. The van der Waals surface area contributed by atoms with Gasteiger partial charge in [-0.1, -0.05) is 38.1 Å². The smallest absolute Gasteiger partial charge is 0.337 e. The first-order chi connectivity index (χ1) is 14.0. The van der Waals surface area contributed by atoms with Gasteiger partial charge in [-0.15, -0.1) is 0 Å². The molecule has 0 aliphatic carbocycles. The number of methoxy groups -OCH3 is 1. The van der Waals surface area contributed by atoms with Crippen LogP contribution in [-0.2, 0) is 11.3 Å². The first kappa shape index (κ1) is 20.2. The predicted molar refractivity (Wildman–Crippen MR) is 113 cm³/mol. The molecule has 0 amide bonds. The van der Waals surface area contributed by atoms with E-state index < -0.39 is 5.97 Å². The van der Waals surface area contributed by atoms with E-state index in [1.807, 2.05) is 30.3 Å². The minimum Gasteiger partial charge on any atom is -0.489 e. The van der Waals surface area contributed by atoms with Crippen molar-refractivity contribution in [3.8, 4) is 22.9 Å². The molecule has 0 aliphatic heterocycles. The Bertz CT molecular complexity index is 1050. The third kappa shape index (κ3) is 5.03. The molecule has 0 bridgehead atoms. The molecule has 0 aliphatic rings. The van der Waals surface area contributed by atoms with Crippen LogP contribution in [0.15, 0.2) is 66.7 Å². The predicted octanol–water partition coefficient (Wildman–Crippen LogP) is 5.71. The summed E-state index contributed by atoms with van der Waals surface area (Å²) >= 11 is 0. The highest BCUT2D eigenvalue weighted by atomic mass is 16.5. The first-order valence-corrected chi connectivity index (χ1v) is 9.45. The molecule has 0 saturated heterocycles. The van der Waals surface area contributed by atoms with E-state index in [4.69, 9.17) is 14.7 Å². The molecule has 0 spiro atoms. The zero-order valence-electron chi connectivity index (χ0n) is 16.8. The van der Waals surface area contributed by atoms with E-state index in [0.29, 0.717) is 23.7 Å². The molecule has 0 unspecified atom stereocenters. The van der Waals surface area contributed by atoms with Crippen LogP contribution in [0, 0.1) is 11.3 Å². The molecule has 3 aromatic carbocycles. The van der Waals surface area contributed by atoms with Gasteiger partial charge in [0.1, 0.15) is 12.4 Å². The molecule has 0 heterocycles. The van der Waals surface area contributed by atoms with Crippen LogP contribution >= 0.6 is 0 Å². The lowest BCUT2D eigenvalue weighted by molar-refractivity contribution is 0.0600. The number of hydrogen-bond acceptors (Lipinski definition) is 4. The van der Waals surface area contributed by atoms with Crippen molar-refractivity contribution < 1.29 is 14.3 Å². The molecule has 29 heavy (non-hydrogen) atoms. The molecule has 146 valence electrons. The molecule has 0 radical (unpaired) electrons. The van der Waals surface area contributed by atoms with Crippen LogP contribution in [0.25, 0.3) is 11.1 Å². The van der Waals surface area contributed by atoms with Crippen LogP contribution in [0.3, 0.4) is 0 Å². The maximum Gasteiger partial charge on any atom is 0.337 e. The summed E-state index contributed by atoms with van der Waals surface area (Å²) in [5.74, 6) is 0.823. The van der Waals surface area contributed by atoms with Crippen LogP contribution in [-0.4, -0.2) is 13.1 Å². The fourth-order valence-electron chi connectivity index (χ4n) is 3.06. The Morgan fingerprint density at radius 3 is 2.41 bits per heavy atom. The summed E-state index contributed by atoms with van der Waals surface area (Å²) in [6.07, 6.45) is 0. The Hall–Kier alpha value is -3.58. The van der Waals surface area contributed by atoms with Crippen LogP contribution in [0.2, 0.25) is 0 Å². The molecule has 0 N–H and O–H groups in total. The second-order valence-electron chi connectivity index (χ2n) is 7.12. The van der Waals surface area contributed by atoms with E-state index in [1.54, 1.807) is 24.3 Å². The van der Waals surface area contributed by atoms with Crippen molar-refractivity contribution in [3.05, 3.63) is 89.0 Å². The monoisotopic (exact) mass is 385 g/mol. The Kier molecular flexibility index (Phi) is 6.31. The summed E-state index contributed by atoms with van der Waals surface area (Å²) < 4.78 is 10.8. The van der Waals surface area contributed by atoms with Crippen molar-refractivity contribution in [2.45, 2.75) is 26.4 Å². The third-order valence-corrected chi connectivity index (χ3v) is 4.69. The normalized spacial score (nSPS) is 10.4. The standard InChI is InChI=1S/C25H23NO3/c1-17(2)20-7-9-24(10-8-20)29-16-19-12-22(14-23(13-19)25(27)28-3)21-6-4-5-18(11-21)15-26/h4-14,17H,16H2,1-3H3. The number of esters is 1. The van der Waals surface area contributed by atoms with E-state index in [1.165, 1.54) is 12.7 Å². The number of ether oxygens (including phenoxy) is 2. The zero-order valence-corrected chi connectivity index (χ0v) is 16.8. The van der Waals surface area contributed by atoms with Gasteiger partial charge in [-0.3, -0.25) is 0 Å². The van der Waals surface area contributed by atoms with Gasteiger partial charge in [0.05, 0.1) is 24.3 Å². The molecule has 0 fully saturated rings. The van der Waals surface area contributed by atoms with Gasteiger partial charge in [0, 0.05) is 0 Å². The highest BCUT2D eigenvalue weighted by Crippen LogP contribution is 2.25. The summed E-state index contributed by atoms with van der Waals surface area (Å²) in [7, 11) is 1.36. The van der Waals surface area contributed by atoms with Gasteiger partial charge in [-0.25, -0.2) is 4.79 Å². The van der Waals surface area contributed by atoms with E-state index in [9.17, 15) is 4.79 Å². The SMILES string of the molecule is COC(=O)c1cc(COc2ccc(C(C)C)cc2)cc(-c2cccc(C#N)c2)c1. The summed E-state index contributed by atoms with van der Waals surface area (Å²) in [6, 6.07) is 23.0. The average Bonchev–Trinajstić information content (AvgIpc) is 2.77. The van der Waals surface area contributed by atoms with Crippen LogP contribution in [0.4, 0.5) is 0 Å². The van der Waals surface area contributed by atoms with E-state index in [0.717, 1.165) is 22.4 Å². The van der Waals surface area contributed by atoms with Gasteiger partial charge >= 0.3 is 5.97 Å². The Labute approximate surface area is 171 Å². The second kappa shape index (κ2) is 9.07. The number of rotatable bonds is 6. The number of nitriles is 1. The number of carbonyl (C=O) groups excluding carboxylic acids is 1. The van der Waals surface area contributed by atoms with Gasteiger partial charge < -0.3 is 9.47 Å². The van der Waals surface area contributed by atoms with Crippen LogP contribution in [0.1, 0.15) is 46.8 Å².